The largest absolute Gasteiger partial charge is 0.318 e. The Bertz CT molecular complexity index is 191. The molecule has 0 aromatic carbocycles. The van der Waals surface area contributed by atoms with E-state index >= 15 is 0 Å². The summed E-state index contributed by atoms with van der Waals surface area (Å²) in [6, 6.07) is 1.64. The van der Waals surface area contributed by atoms with Crippen LogP contribution in [0, 0.1) is 5.92 Å². The Kier molecular flexibility index (Phi) is 4.04. The third kappa shape index (κ3) is 2.54. The third-order valence-electron chi connectivity index (χ3n) is 4.35. The molecule has 1 saturated heterocycles. The molecule has 0 spiro atoms. The Hall–Kier alpha value is -0.0800. The number of hydrogen-bond acceptors (Lipinski definition) is 2. The summed E-state index contributed by atoms with van der Waals surface area (Å²) in [7, 11) is 2.07. The second-order valence-corrected chi connectivity index (χ2v) is 5.40. The Morgan fingerprint density at radius 2 is 1.93 bits per heavy atom. The molecule has 2 aliphatic rings. The second-order valence-electron chi connectivity index (χ2n) is 5.40. The predicted octanol–water partition coefficient (Wildman–Crippen LogP) is 2.25. The highest BCUT2D eigenvalue weighted by Gasteiger charge is 2.34. The molecule has 1 aliphatic carbocycles. The molecule has 2 fully saturated rings. The summed E-state index contributed by atoms with van der Waals surface area (Å²) in [4.78, 5) is 2.78. The average molecular weight is 210 g/mol. The van der Waals surface area contributed by atoms with Crippen molar-refractivity contribution in [3.63, 3.8) is 0 Å². The highest BCUT2D eigenvalue weighted by molar-refractivity contribution is 4.89. The molecule has 0 amide bonds. The van der Waals surface area contributed by atoms with Crippen LogP contribution in [0.5, 0.6) is 0 Å². The highest BCUT2D eigenvalue weighted by Crippen LogP contribution is 2.35. The molecular weight excluding hydrogens is 184 g/mol. The van der Waals surface area contributed by atoms with E-state index in [4.69, 9.17) is 0 Å². The summed E-state index contributed by atoms with van der Waals surface area (Å²) in [6.45, 7) is 4.86. The first-order valence-corrected chi connectivity index (χ1v) is 6.73. The molecule has 3 atom stereocenters. The van der Waals surface area contributed by atoms with Crippen LogP contribution in [-0.2, 0) is 0 Å². The standard InChI is InChI=1S/C13H26N2/c1-11(10-14-2)15-9-5-7-12-6-3-4-8-13(12)15/h11-14H,3-10H2,1-2H3/t11?,12-,13-/m1/s1. The van der Waals surface area contributed by atoms with E-state index in [-0.39, 0.29) is 0 Å². The van der Waals surface area contributed by atoms with Gasteiger partial charge in [-0.2, -0.15) is 0 Å². The molecule has 88 valence electrons. The zero-order chi connectivity index (χ0) is 10.7. The van der Waals surface area contributed by atoms with Crippen LogP contribution >= 0.6 is 0 Å². The lowest BCUT2D eigenvalue weighted by molar-refractivity contribution is 0.0321. The fraction of sp³-hybridized carbons (Fsp3) is 1.00. The molecular formula is C13H26N2. The van der Waals surface area contributed by atoms with Gasteiger partial charge in [-0.05, 0) is 52.1 Å². The minimum Gasteiger partial charge on any atom is -0.318 e. The van der Waals surface area contributed by atoms with Crippen molar-refractivity contribution in [1.29, 1.82) is 0 Å². The lowest BCUT2D eigenvalue weighted by Gasteiger charge is -2.47. The van der Waals surface area contributed by atoms with Gasteiger partial charge in [0, 0.05) is 18.6 Å². The molecule has 15 heavy (non-hydrogen) atoms. The summed E-state index contributed by atoms with van der Waals surface area (Å²) in [5.41, 5.74) is 0. The minimum absolute atomic E-state index is 0.723. The van der Waals surface area contributed by atoms with Crippen LogP contribution in [0.15, 0.2) is 0 Å². The Balaban J connectivity index is 1.96. The maximum absolute atomic E-state index is 3.32. The molecule has 1 aliphatic heterocycles. The zero-order valence-electron chi connectivity index (χ0n) is 10.3. The van der Waals surface area contributed by atoms with E-state index in [0.29, 0.717) is 0 Å². The molecule has 0 aromatic rings. The van der Waals surface area contributed by atoms with Gasteiger partial charge in [0.15, 0.2) is 0 Å². The normalized spacial score (nSPS) is 34.8. The van der Waals surface area contributed by atoms with Crippen molar-refractivity contribution >= 4 is 0 Å². The van der Waals surface area contributed by atoms with Crippen LogP contribution in [-0.4, -0.2) is 37.1 Å². The van der Waals surface area contributed by atoms with Gasteiger partial charge in [-0.3, -0.25) is 4.90 Å². The van der Waals surface area contributed by atoms with Crippen molar-refractivity contribution < 1.29 is 0 Å². The van der Waals surface area contributed by atoms with Gasteiger partial charge in [-0.15, -0.1) is 0 Å². The van der Waals surface area contributed by atoms with Gasteiger partial charge in [0.25, 0.3) is 0 Å². The number of nitrogens with zero attached hydrogens (tertiary/aromatic N) is 1. The Labute approximate surface area is 94.4 Å². The highest BCUT2D eigenvalue weighted by atomic mass is 15.2. The molecule has 2 heteroatoms. The maximum atomic E-state index is 3.32. The first kappa shape index (κ1) is 11.4. The van der Waals surface area contributed by atoms with Gasteiger partial charge in [-0.25, -0.2) is 0 Å². The van der Waals surface area contributed by atoms with Crippen molar-refractivity contribution in [2.24, 2.45) is 5.92 Å². The van der Waals surface area contributed by atoms with Crippen molar-refractivity contribution in [3.8, 4) is 0 Å². The van der Waals surface area contributed by atoms with Crippen molar-refractivity contribution in [1.82, 2.24) is 10.2 Å². The van der Waals surface area contributed by atoms with E-state index in [9.17, 15) is 0 Å². The molecule has 1 heterocycles. The van der Waals surface area contributed by atoms with Gasteiger partial charge in [0.05, 0.1) is 0 Å². The van der Waals surface area contributed by atoms with Crippen molar-refractivity contribution in [2.75, 3.05) is 20.1 Å². The SMILES string of the molecule is CNCC(C)N1CCC[C@H]2CCCC[C@H]21. The van der Waals surface area contributed by atoms with E-state index < -0.39 is 0 Å². The number of piperidine rings is 1. The van der Waals surface area contributed by atoms with E-state index in [1.165, 1.54) is 45.1 Å². The number of hydrogen-bond donors (Lipinski definition) is 1. The summed E-state index contributed by atoms with van der Waals surface area (Å²) < 4.78 is 0. The smallest absolute Gasteiger partial charge is 0.0195 e. The summed E-state index contributed by atoms with van der Waals surface area (Å²) in [6.07, 6.45) is 8.81. The average Bonchev–Trinajstić information content (AvgIpc) is 2.28. The van der Waals surface area contributed by atoms with Gasteiger partial charge >= 0.3 is 0 Å². The molecule has 0 aromatic heterocycles. The first-order valence-electron chi connectivity index (χ1n) is 6.73. The van der Waals surface area contributed by atoms with Crippen LogP contribution in [0.2, 0.25) is 0 Å². The van der Waals surface area contributed by atoms with Gasteiger partial charge in [-0.1, -0.05) is 12.8 Å². The van der Waals surface area contributed by atoms with E-state index in [0.717, 1.165) is 24.5 Å². The Morgan fingerprint density at radius 1 is 1.20 bits per heavy atom. The lowest BCUT2D eigenvalue weighted by atomic mass is 9.78. The van der Waals surface area contributed by atoms with E-state index in [1.54, 1.807) is 0 Å². The van der Waals surface area contributed by atoms with Crippen molar-refractivity contribution in [3.05, 3.63) is 0 Å². The summed E-state index contributed by atoms with van der Waals surface area (Å²) in [5.74, 6) is 1.02. The fourth-order valence-corrected chi connectivity index (χ4v) is 3.62. The molecule has 1 saturated carbocycles. The quantitative estimate of drug-likeness (QED) is 0.768. The predicted molar refractivity (Wildman–Crippen MR) is 65.1 cm³/mol. The topological polar surface area (TPSA) is 15.3 Å². The number of likely N-dealkylation sites (tertiary alicyclic amines) is 1. The molecule has 0 bridgehead atoms. The third-order valence-corrected chi connectivity index (χ3v) is 4.35. The zero-order valence-corrected chi connectivity index (χ0v) is 10.3. The van der Waals surface area contributed by atoms with Crippen LogP contribution in [0.1, 0.15) is 45.4 Å². The minimum atomic E-state index is 0.723. The van der Waals surface area contributed by atoms with Gasteiger partial charge < -0.3 is 5.32 Å². The second kappa shape index (κ2) is 5.31. The van der Waals surface area contributed by atoms with Gasteiger partial charge in [0.2, 0.25) is 0 Å². The molecule has 1 N–H and O–H groups in total. The van der Waals surface area contributed by atoms with Crippen LogP contribution < -0.4 is 5.32 Å². The molecule has 2 nitrogen and oxygen atoms in total. The number of likely N-dealkylation sites (N-methyl/N-ethyl adjacent to an activating group) is 1. The maximum Gasteiger partial charge on any atom is 0.0195 e. The summed E-state index contributed by atoms with van der Waals surface area (Å²) in [5, 5.41) is 3.32. The first-order chi connectivity index (χ1) is 7.33. The number of fused-ring (bicyclic) bond motifs is 1. The fourth-order valence-electron chi connectivity index (χ4n) is 3.62. The lowest BCUT2D eigenvalue weighted by Crippen LogP contribution is -2.52. The molecule has 2 rings (SSSR count). The van der Waals surface area contributed by atoms with E-state index in [2.05, 4.69) is 24.2 Å². The monoisotopic (exact) mass is 210 g/mol. The van der Waals surface area contributed by atoms with Crippen LogP contribution in [0.25, 0.3) is 0 Å². The van der Waals surface area contributed by atoms with Crippen molar-refractivity contribution in [2.45, 2.75) is 57.5 Å². The number of nitrogens with one attached hydrogen (secondary N) is 1. The molecule has 1 unspecified atom stereocenters. The van der Waals surface area contributed by atoms with Gasteiger partial charge in [0.1, 0.15) is 0 Å². The number of rotatable bonds is 3. The Morgan fingerprint density at radius 3 is 2.73 bits per heavy atom. The van der Waals surface area contributed by atoms with Crippen LogP contribution in [0.3, 0.4) is 0 Å². The summed E-state index contributed by atoms with van der Waals surface area (Å²) >= 11 is 0. The van der Waals surface area contributed by atoms with Crippen LogP contribution in [0.4, 0.5) is 0 Å². The van der Waals surface area contributed by atoms with E-state index in [1.807, 2.05) is 0 Å². The molecule has 0 radical (unpaired) electrons.